The first-order valence-corrected chi connectivity index (χ1v) is 6.54. The van der Waals surface area contributed by atoms with Gasteiger partial charge in [-0.1, -0.05) is 0 Å². The normalized spacial score (nSPS) is 10.8. The van der Waals surface area contributed by atoms with Crippen molar-refractivity contribution in [3.63, 3.8) is 0 Å². The van der Waals surface area contributed by atoms with Gasteiger partial charge < -0.3 is 26.0 Å². The quantitative estimate of drug-likeness (QED) is 0.110. The third-order valence-corrected chi connectivity index (χ3v) is 2.06. The van der Waals surface area contributed by atoms with Crippen molar-refractivity contribution in [2.75, 3.05) is 19.4 Å². The van der Waals surface area contributed by atoms with E-state index in [0.717, 1.165) is 0 Å². The number of nitrogens with two attached hydrogens (primary N) is 2. The van der Waals surface area contributed by atoms with Crippen molar-refractivity contribution in [2.24, 2.45) is 16.5 Å². The van der Waals surface area contributed by atoms with E-state index >= 15 is 0 Å². The number of rotatable bonds is 7. The van der Waals surface area contributed by atoms with Gasteiger partial charge in [-0.05, 0) is 0 Å². The fraction of sp³-hybridized carbons (Fsp3) is 0.571. The van der Waals surface area contributed by atoms with Crippen molar-refractivity contribution in [3.8, 4) is 0 Å². The molecule has 0 amide bonds. The van der Waals surface area contributed by atoms with Crippen molar-refractivity contribution in [1.29, 1.82) is 0 Å². The summed E-state index contributed by atoms with van der Waals surface area (Å²) in [6.45, 7) is -0.497. The van der Waals surface area contributed by atoms with Crippen LogP contribution in [0.15, 0.2) is 4.99 Å². The van der Waals surface area contributed by atoms with E-state index < -0.39 is 32.4 Å². The minimum Gasteiger partial charge on any atom is -0.392 e. The van der Waals surface area contributed by atoms with Crippen LogP contribution in [0.5, 0.6) is 0 Å². The van der Waals surface area contributed by atoms with Crippen molar-refractivity contribution in [2.45, 2.75) is 6.42 Å². The molecular weight excluding hydrogens is 267 g/mol. The first-order chi connectivity index (χ1) is 8.20. The molecule has 0 rings (SSSR count). The molecule has 0 heterocycles. The molecule has 0 fully saturated rings. The van der Waals surface area contributed by atoms with Crippen LogP contribution in [-0.2, 0) is 18.9 Å². The summed E-state index contributed by atoms with van der Waals surface area (Å²) in [7, 11) is -4.23. The highest BCUT2D eigenvalue weighted by atomic mass is 31.2. The zero-order chi connectivity index (χ0) is 14.2. The van der Waals surface area contributed by atoms with E-state index in [4.69, 9.17) is 21.3 Å². The number of ether oxygens (including phenoxy) is 1. The van der Waals surface area contributed by atoms with E-state index in [2.05, 4.69) is 15.0 Å². The Bertz CT molecular complexity index is 374. The smallest absolute Gasteiger partial charge is 0.339 e. The minimum absolute atomic E-state index is 0.00957. The highest BCUT2D eigenvalue weighted by Crippen LogP contribution is 2.31. The molecule has 0 radical (unpaired) electrons. The van der Waals surface area contributed by atoms with E-state index in [1.807, 2.05) is 0 Å². The topological polar surface area (TPSA) is 177 Å². The van der Waals surface area contributed by atoms with Gasteiger partial charge in [0.25, 0.3) is 0 Å². The lowest BCUT2D eigenvalue weighted by atomic mass is 10.4. The van der Waals surface area contributed by atoms with Crippen LogP contribution in [0.25, 0.3) is 0 Å². The average Bonchev–Trinajstić information content (AvgIpc) is 2.14. The molecule has 10 nitrogen and oxygen atoms in total. The number of hydrogen-bond donors (Lipinski definition) is 5. The molecular formula is C7H15N4O6P. The molecule has 0 saturated heterocycles. The second-order valence-corrected chi connectivity index (χ2v) is 4.80. The molecule has 0 atom stereocenters. The van der Waals surface area contributed by atoms with Crippen LogP contribution in [-0.4, -0.2) is 47.1 Å². The molecule has 0 unspecified atom stereocenters. The molecule has 0 bridgehead atoms. The van der Waals surface area contributed by atoms with Gasteiger partial charge in [0.2, 0.25) is 0 Å². The fourth-order valence-electron chi connectivity index (χ4n) is 0.794. The Morgan fingerprint density at radius 2 is 1.89 bits per heavy atom. The fourth-order valence-corrected chi connectivity index (χ4v) is 1.20. The van der Waals surface area contributed by atoms with Crippen LogP contribution in [0.4, 0.5) is 0 Å². The molecule has 0 aromatic rings. The average molecular weight is 282 g/mol. The first kappa shape index (κ1) is 16.5. The summed E-state index contributed by atoms with van der Waals surface area (Å²) >= 11 is 0. The van der Waals surface area contributed by atoms with Crippen molar-refractivity contribution < 1.29 is 28.7 Å². The van der Waals surface area contributed by atoms with Crippen LogP contribution in [0.1, 0.15) is 6.42 Å². The van der Waals surface area contributed by atoms with Crippen LogP contribution in [0.3, 0.4) is 0 Å². The molecule has 7 N–H and O–H groups in total. The molecule has 0 aliphatic heterocycles. The summed E-state index contributed by atoms with van der Waals surface area (Å²) in [5, 5.41) is 2.15. The van der Waals surface area contributed by atoms with Gasteiger partial charge in [-0.25, -0.2) is 0 Å². The molecule has 0 saturated carbocycles. The van der Waals surface area contributed by atoms with Crippen molar-refractivity contribution in [1.82, 2.24) is 5.32 Å². The number of nitrogens with zero attached hydrogens (tertiary/aromatic N) is 1. The lowest BCUT2D eigenvalue weighted by Gasteiger charge is -2.05. The highest BCUT2D eigenvalue weighted by Gasteiger charge is 2.14. The third-order valence-electron chi connectivity index (χ3n) is 1.43. The number of nitrogens with one attached hydrogen (secondary N) is 1. The maximum Gasteiger partial charge on any atom is 0.339 e. The minimum atomic E-state index is -4.23. The molecule has 11 heteroatoms. The summed E-state index contributed by atoms with van der Waals surface area (Å²) < 4.78 is 14.7. The lowest BCUT2D eigenvalue weighted by Crippen LogP contribution is -2.28. The van der Waals surface area contributed by atoms with Gasteiger partial charge in [0.15, 0.2) is 5.96 Å². The number of aliphatic imine (C=N–C) groups is 1. The van der Waals surface area contributed by atoms with Gasteiger partial charge in [-0.2, -0.15) is 0 Å². The highest BCUT2D eigenvalue weighted by molar-refractivity contribution is 7.51. The Labute approximate surface area is 103 Å². The number of carbonyl (C=O) groups excluding carboxylic acids is 2. The van der Waals surface area contributed by atoms with Gasteiger partial charge in [0.05, 0.1) is 25.8 Å². The second kappa shape index (κ2) is 7.77. The van der Waals surface area contributed by atoms with Crippen LogP contribution in [0.2, 0.25) is 0 Å². The third kappa shape index (κ3) is 11.0. The Kier molecular flexibility index (Phi) is 7.13. The largest absolute Gasteiger partial charge is 0.392 e. The monoisotopic (exact) mass is 282 g/mol. The van der Waals surface area contributed by atoms with Crippen molar-refractivity contribution in [3.05, 3.63) is 0 Å². The standard InChI is InChI=1S/C7H15N4O6P/c8-7(9)11-2-1-5(12)17-6(13)3-10-4-18(14,15)16/h10H,1-4H2,(H4,8,9,11)(H2,14,15,16). The van der Waals surface area contributed by atoms with Gasteiger partial charge in [-0.15, -0.1) is 0 Å². The van der Waals surface area contributed by atoms with E-state index in [1.165, 1.54) is 0 Å². The zero-order valence-corrected chi connectivity index (χ0v) is 10.3. The zero-order valence-electron chi connectivity index (χ0n) is 9.40. The number of hydrogen-bond acceptors (Lipinski definition) is 6. The predicted molar refractivity (Wildman–Crippen MR) is 61.3 cm³/mol. The summed E-state index contributed by atoms with van der Waals surface area (Å²) in [6.07, 6.45) is -0.855. The van der Waals surface area contributed by atoms with E-state index in [1.54, 1.807) is 0 Å². The lowest BCUT2D eigenvalue weighted by molar-refractivity contribution is -0.158. The first-order valence-electron chi connectivity index (χ1n) is 4.75. The maximum absolute atomic E-state index is 11.0. The molecule has 0 aliphatic rings. The van der Waals surface area contributed by atoms with Gasteiger partial charge in [0, 0.05) is 0 Å². The second-order valence-electron chi connectivity index (χ2n) is 3.15. The van der Waals surface area contributed by atoms with Gasteiger partial charge in [-0.3, -0.25) is 24.5 Å². The molecule has 0 aromatic heterocycles. The Balaban J connectivity index is 3.78. The molecule has 104 valence electrons. The molecule has 0 spiro atoms. The Hall–Kier alpha value is -1.48. The van der Waals surface area contributed by atoms with Gasteiger partial charge >= 0.3 is 19.5 Å². The molecule has 0 aromatic carbocycles. The van der Waals surface area contributed by atoms with Crippen LogP contribution in [0, 0.1) is 0 Å². The van der Waals surface area contributed by atoms with Crippen molar-refractivity contribution >= 4 is 25.5 Å². The SMILES string of the molecule is NC(N)=NCCC(=O)OC(=O)CNCP(=O)(O)O. The number of guanidine groups is 1. The predicted octanol–water partition coefficient (Wildman–Crippen LogP) is -2.56. The Morgan fingerprint density at radius 1 is 1.28 bits per heavy atom. The Morgan fingerprint density at radius 3 is 2.39 bits per heavy atom. The van der Waals surface area contributed by atoms with Crippen LogP contribution < -0.4 is 16.8 Å². The van der Waals surface area contributed by atoms with E-state index in [-0.39, 0.29) is 18.9 Å². The summed E-state index contributed by atoms with van der Waals surface area (Å²) in [5.74, 6) is -1.96. The van der Waals surface area contributed by atoms with Gasteiger partial charge in [0.1, 0.15) is 0 Å². The molecule has 18 heavy (non-hydrogen) atoms. The number of esters is 2. The molecule has 0 aliphatic carbocycles. The number of carbonyl (C=O) groups is 2. The maximum atomic E-state index is 11.0. The summed E-state index contributed by atoms with van der Waals surface area (Å²) in [4.78, 5) is 42.5. The van der Waals surface area contributed by atoms with E-state index in [9.17, 15) is 14.2 Å². The summed E-state index contributed by atoms with van der Waals surface area (Å²) in [5.41, 5.74) is 10.0. The summed E-state index contributed by atoms with van der Waals surface area (Å²) in [6, 6.07) is 0. The van der Waals surface area contributed by atoms with E-state index in [0.29, 0.717) is 0 Å². The van der Waals surface area contributed by atoms with Crippen LogP contribution >= 0.6 is 7.60 Å².